The van der Waals surface area contributed by atoms with E-state index in [2.05, 4.69) is 0 Å². The van der Waals surface area contributed by atoms with Gasteiger partial charge in [-0.2, -0.15) is 0 Å². The van der Waals surface area contributed by atoms with Crippen molar-refractivity contribution in [2.24, 2.45) is 0 Å². The molecular weight excluding hydrogens is 284 g/mol. The summed E-state index contributed by atoms with van der Waals surface area (Å²) in [6.07, 6.45) is 3.98. The molecule has 0 unspecified atom stereocenters. The van der Waals surface area contributed by atoms with Gasteiger partial charge in [0.2, 0.25) is 0 Å². The Hall–Kier alpha value is -1.66. The highest BCUT2D eigenvalue weighted by atomic mass is 16.6. The average molecular weight is 309 g/mol. The maximum absolute atomic E-state index is 11.0. The number of quaternary nitrogens is 1. The number of ether oxygens (including phenoxy) is 2. The van der Waals surface area contributed by atoms with Gasteiger partial charge in [0.05, 0.1) is 31.2 Å². The number of nitrogens with one attached hydrogen (secondary N) is 1. The second-order valence-corrected chi connectivity index (χ2v) is 5.75. The summed E-state index contributed by atoms with van der Waals surface area (Å²) >= 11 is 0. The number of nitro benzene ring substituents is 1. The molecule has 1 aromatic rings. The van der Waals surface area contributed by atoms with Gasteiger partial charge in [0.15, 0.2) is 5.75 Å². The van der Waals surface area contributed by atoms with Crippen molar-refractivity contribution in [1.82, 2.24) is 0 Å². The minimum absolute atomic E-state index is 0.0118. The normalized spacial score (nSPS) is 15.7. The van der Waals surface area contributed by atoms with Crippen LogP contribution in [0.2, 0.25) is 0 Å². The molecule has 122 valence electrons. The van der Waals surface area contributed by atoms with Gasteiger partial charge in [0.25, 0.3) is 0 Å². The molecule has 0 spiro atoms. The number of hydrogen-bond donors (Lipinski definition) is 1. The van der Waals surface area contributed by atoms with E-state index in [0.717, 1.165) is 12.1 Å². The zero-order chi connectivity index (χ0) is 15.8. The Labute approximate surface area is 131 Å². The molecule has 6 nitrogen and oxygen atoms in total. The number of nitro groups is 1. The number of likely N-dealkylation sites (tertiary alicyclic amines) is 1. The van der Waals surface area contributed by atoms with Gasteiger partial charge in [-0.15, -0.1) is 0 Å². The molecule has 1 N–H and O–H groups in total. The quantitative estimate of drug-likeness (QED) is 0.447. The standard InChI is InChI=1S/C16H24N2O4/c1-14-5-6-16(15(13-14)18(19)20)22-12-11-21-10-9-17-7-3-2-4-8-17/h5-6,13H,2-4,7-12H2,1H3/p+1. The highest BCUT2D eigenvalue weighted by molar-refractivity contribution is 5.48. The van der Waals surface area contributed by atoms with Gasteiger partial charge in [-0.1, -0.05) is 6.07 Å². The summed E-state index contributed by atoms with van der Waals surface area (Å²) in [7, 11) is 0. The van der Waals surface area contributed by atoms with Gasteiger partial charge in [0.1, 0.15) is 13.2 Å². The Morgan fingerprint density at radius 3 is 2.68 bits per heavy atom. The molecule has 0 saturated carbocycles. The van der Waals surface area contributed by atoms with Crippen molar-refractivity contribution >= 4 is 5.69 Å². The van der Waals surface area contributed by atoms with Crippen molar-refractivity contribution in [2.45, 2.75) is 26.2 Å². The molecule has 1 heterocycles. The Balaban J connectivity index is 1.65. The zero-order valence-electron chi connectivity index (χ0n) is 13.2. The Kier molecular flexibility index (Phi) is 6.61. The molecule has 1 saturated heterocycles. The third kappa shape index (κ3) is 5.27. The molecule has 1 aliphatic heterocycles. The molecule has 0 aliphatic carbocycles. The fourth-order valence-corrected chi connectivity index (χ4v) is 2.72. The number of aryl methyl sites for hydroxylation is 1. The first kappa shape index (κ1) is 16.7. The van der Waals surface area contributed by atoms with Gasteiger partial charge in [-0.25, -0.2) is 0 Å². The molecule has 1 fully saturated rings. The van der Waals surface area contributed by atoms with Gasteiger partial charge in [-0.05, 0) is 37.8 Å². The van der Waals surface area contributed by atoms with Crippen LogP contribution in [-0.4, -0.2) is 44.4 Å². The predicted molar refractivity (Wildman–Crippen MR) is 83.6 cm³/mol. The van der Waals surface area contributed by atoms with Crippen LogP contribution in [0.3, 0.4) is 0 Å². The minimum Gasteiger partial charge on any atom is -0.484 e. The van der Waals surface area contributed by atoms with Crippen LogP contribution < -0.4 is 9.64 Å². The van der Waals surface area contributed by atoms with E-state index in [-0.39, 0.29) is 5.69 Å². The van der Waals surface area contributed by atoms with Crippen LogP contribution >= 0.6 is 0 Å². The molecule has 0 atom stereocenters. The van der Waals surface area contributed by atoms with Gasteiger partial charge < -0.3 is 14.4 Å². The van der Waals surface area contributed by atoms with Crippen molar-refractivity contribution in [3.63, 3.8) is 0 Å². The van der Waals surface area contributed by atoms with Crippen LogP contribution in [0.25, 0.3) is 0 Å². The molecular formula is C16H25N2O4+. The highest BCUT2D eigenvalue weighted by Crippen LogP contribution is 2.27. The summed E-state index contributed by atoms with van der Waals surface area (Å²) in [6, 6.07) is 4.98. The monoisotopic (exact) mass is 309 g/mol. The van der Waals surface area contributed by atoms with Crippen LogP contribution in [0.1, 0.15) is 24.8 Å². The zero-order valence-corrected chi connectivity index (χ0v) is 13.2. The van der Waals surface area contributed by atoms with Crippen molar-refractivity contribution in [3.05, 3.63) is 33.9 Å². The summed E-state index contributed by atoms with van der Waals surface area (Å²) in [5.74, 6) is 0.306. The van der Waals surface area contributed by atoms with Gasteiger partial charge >= 0.3 is 5.69 Å². The second-order valence-electron chi connectivity index (χ2n) is 5.75. The summed E-state index contributed by atoms with van der Waals surface area (Å²) in [5.41, 5.74) is 0.859. The Bertz CT molecular complexity index is 487. The van der Waals surface area contributed by atoms with Crippen LogP contribution in [0, 0.1) is 17.0 Å². The van der Waals surface area contributed by atoms with Crippen LogP contribution in [0.15, 0.2) is 18.2 Å². The lowest BCUT2D eigenvalue weighted by atomic mass is 10.1. The first-order chi connectivity index (χ1) is 10.7. The van der Waals surface area contributed by atoms with Crippen molar-refractivity contribution in [3.8, 4) is 5.75 Å². The van der Waals surface area contributed by atoms with Crippen molar-refractivity contribution < 1.29 is 19.3 Å². The molecule has 0 amide bonds. The van der Waals surface area contributed by atoms with Gasteiger partial charge in [0, 0.05) is 6.07 Å². The molecule has 1 aromatic carbocycles. The largest absolute Gasteiger partial charge is 0.484 e. The molecule has 0 radical (unpaired) electrons. The van der Waals surface area contributed by atoms with E-state index < -0.39 is 4.92 Å². The molecule has 0 aromatic heterocycles. The Morgan fingerprint density at radius 1 is 1.18 bits per heavy atom. The topological polar surface area (TPSA) is 66.0 Å². The van der Waals surface area contributed by atoms with E-state index in [0.29, 0.717) is 25.6 Å². The number of rotatable bonds is 8. The van der Waals surface area contributed by atoms with Gasteiger partial charge in [-0.3, -0.25) is 10.1 Å². The van der Waals surface area contributed by atoms with E-state index in [9.17, 15) is 10.1 Å². The third-order valence-corrected chi connectivity index (χ3v) is 3.96. The molecule has 0 bridgehead atoms. The SMILES string of the molecule is Cc1ccc(OCCOCC[NH+]2CCCCC2)c([N+](=O)[O-])c1. The van der Waals surface area contributed by atoms with E-state index in [1.807, 2.05) is 13.0 Å². The highest BCUT2D eigenvalue weighted by Gasteiger charge is 2.15. The van der Waals surface area contributed by atoms with E-state index in [4.69, 9.17) is 9.47 Å². The first-order valence-corrected chi connectivity index (χ1v) is 7.96. The maximum Gasteiger partial charge on any atom is 0.311 e. The summed E-state index contributed by atoms with van der Waals surface area (Å²) in [6.45, 7) is 6.85. The van der Waals surface area contributed by atoms with Crippen LogP contribution in [-0.2, 0) is 4.74 Å². The smallest absolute Gasteiger partial charge is 0.311 e. The second kappa shape index (κ2) is 8.70. The van der Waals surface area contributed by atoms with Crippen molar-refractivity contribution in [1.29, 1.82) is 0 Å². The summed E-state index contributed by atoms with van der Waals surface area (Å²) in [4.78, 5) is 12.2. The lowest BCUT2D eigenvalue weighted by Gasteiger charge is -2.23. The summed E-state index contributed by atoms with van der Waals surface area (Å²) in [5, 5.41) is 11.0. The molecule has 1 aliphatic rings. The van der Waals surface area contributed by atoms with E-state index in [1.165, 1.54) is 38.4 Å². The van der Waals surface area contributed by atoms with Crippen molar-refractivity contribution in [2.75, 3.05) is 39.5 Å². The average Bonchev–Trinajstić information content (AvgIpc) is 2.52. The lowest BCUT2D eigenvalue weighted by Crippen LogP contribution is -3.13. The number of benzene rings is 1. The fourth-order valence-electron chi connectivity index (χ4n) is 2.72. The molecule has 6 heteroatoms. The van der Waals surface area contributed by atoms with E-state index >= 15 is 0 Å². The van der Waals surface area contributed by atoms with Crippen LogP contribution in [0.5, 0.6) is 5.75 Å². The number of nitrogens with zero attached hydrogens (tertiary/aromatic N) is 1. The first-order valence-electron chi connectivity index (χ1n) is 7.96. The van der Waals surface area contributed by atoms with E-state index in [1.54, 1.807) is 11.0 Å². The Morgan fingerprint density at radius 2 is 1.95 bits per heavy atom. The summed E-state index contributed by atoms with van der Waals surface area (Å²) < 4.78 is 11.0. The lowest BCUT2D eigenvalue weighted by molar-refractivity contribution is -0.905. The third-order valence-electron chi connectivity index (χ3n) is 3.96. The number of hydrogen-bond acceptors (Lipinski definition) is 4. The minimum atomic E-state index is -0.414. The fraction of sp³-hybridized carbons (Fsp3) is 0.625. The van der Waals surface area contributed by atoms with Crippen LogP contribution in [0.4, 0.5) is 5.69 Å². The maximum atomic E-state index is 11.0. The molecule has 22 heavy (non-hydrogen) atoms. The number of piperidine rings is 1. The molecule has 2 rings (SSSR count). The predicted octanol–water partition coefficient (Wildman–Crippen LogP) is 1.37.